The molecule has 534 valence electrons. The van der Waals surface area contributed by atoms with Crippen LogP contribution < -0.4 is 5.32 Å². The van der Waals surface area contributed by atoms with Gasteiger partial charge in [-0.05, 0) is 64.2 Å². The largest absolute Gasteiger partial charge is 0.472 e. The fraction of sp³-hybridized carbons (Fsp3) is 0.841. The molecule has 0 rings (SSSR count). The van der Waals surface area contributed by atoms with Crippen molar-refractivity contribution in [1.29, 1.82) is 0 Å². The molecule has 0 saturated carbocycles. The first kappa shape index (κ1) is 88.9. The number of allylic oxidation sites excluding steroid dienone is 12. The summed E-state index contributed by atoms with van der Waals surface area (Å²) in [6.07, 6.45) is 102. The molecule has 3 atom stereocenters. The number of hydrogen-bond acceptors (Lipinski definition) is 5. The Morgan fingerprint density at radius 2 is 0.659 bits per heavy atom. The molecule has 3 N–H and O–H groups in total. The van der Waals surface area contributed by atoms with Gasteiger partial charge in [0, 0.05) is 6.42 Å². The predicted octanol–water partition coefficient (Wildman–Crippen LogP) is 26.1. The van der Waals surface area contributed by atoms with Gasteiger partial charge in [-0.25, -0.2) is 4.57 Å². The molecular weight excluding hydrogens is 1140 g/mol. The minimum absolute atomic E-state index is 0.0759. The lowest BCUT2D eigenvalue weighted by molar-refractivity contribution is -0.870. The van der Waals surface area contributed by atoms with Crippen LogP contribution in [0.2, 0.25) is 0 Å². The highest BCUT2D eigenvalue weighted by Gasteiger charge is 2.28. The van der Waals surface area contributed by atoms with Crippen LogP contribution in [0.5, 0.6) is 0 Å². The van der Waals surface area contributed by atoms with Crippen LogP contribution in [0.1, 0.15) is 393 Å². The quantitative estimate of drug-likeness (QED) is 0.0243. The van der Waals surface area contributed by atoms with Crippen molar-refractivity contribution >= 4 is 13.7 Å². The molecule has 0 aliphatic rings. The lowest BCUT2D eigenvalue weighted by Gasteiger charge is -2.26. The Bertz CT molecular complexity index is 1720. The molecule has 0 aliphatic heterocycles. The molecule has 0 aromatic rings. The van der Waals surface area contributed by atoms with Crippen LogP contribution in [0.25, 0.3) is 0 Å². The molecule has 0 aromatic carbocycles. The van der Waals surface area contributed by atoms with E-state index in [9.17, 15) is 19.4 Å². The van der Waals surface area contributed by atoms with Crippen LogP contribution in [0, 0.1) is 0 Å². The molecule has 0 fully saturated rings. The zero-order valence-electron chi connectivity index (χ0n) is 61.3. The van der Waals surface area contributed by atoms with Crippen molar-refractivity contribution in [2.75, 3.05) is 40.9 Å². The van der Waals surface area contributed by atoms with Gasteiger partial charge in [-0.15, -0.1) is 0 Å². The van der Waals surface area contributed by atoms with Crippen molar-refractivity contribution in [3.8, 4) is 0 Å². The second kappa shape index (κ2) is 72.2. The van der Waals surface area contributed by atoms with E-state index < -0.39 is 20.0 Å². The summed E-state index contributed by atoms with van der Waals surface area (Å²) in [6.45, 7) is 4.83. The second-order valence-corrected chi connectivity index (χ2v) is 29.9. The van der Waals surface area contributed by atoms with Crippen molar-refractivity contribution in [2.45, 2.75) is 405 Å². The summed E-state index contributed by atoms with van der Waals surface area (Å²) in [6, 6.07) is -0.763. The zero-order valence-corrected chi connectivity index (χ0v) is 62.2. The van der Waals surface area contributed by atoms with Crippen LogP contribution in [-0.4, -0.2) is 73.4 Å². The molecule has 0 radical (unpaired) electrons. The maximum atomic E-state index is 13.1. The van der Waals surface area contributed by atoms with Crippen LogP contribution >= 0.6 is 7.82 Å². The first-order chi connectivity index (χ1) is 44.5. The number of unbranched alkanes of at least 4 members (excludes halogenated alkanes) is 49. The molecule has 0 saturated heterocycles. The number of amides is 1. The topological polar surface area (TPSA) is 105 Å². The number of nitrogens with one attached hydrogen (secondary N) is 1. The number of rotatable bonds is 74. The van der Waals surface area contributed by atoms with Crippen molar-refractivity contribution in [3.63, 3.8) is 0 Å². The number of phosphoric acid groups is 1. The summed E-state index contributed by atoms with van der Waals surface area (Å²) in [5.74, 6) is -0.137. The highest BCUT2D eigenvalue weighted by atomic mass is 31.2. The second-order valence-electron chi connectivity index (χ2n) is 28.4. The summed E-state index contributed by atoms with van der Waals surface area (Å²) >= 11 is 0. The van der Waals surface area contributed by atoms with Gasteiger partial charge >= 0.3 is 7.82 Å². The Morgan fingerprint density at radius 1 is 0.385 bits per heavy atom. The zero-order chi connectivity index (χ0) is 66.2. The molecule has 0 bridgehead atoms. The summed E-state index contributed by atoms with van der Waals surface area (Å²) in [4.78, 5) is 23.5. The molecule has 0 spiro atoms. The molecular formula is C82H156N2O6P+. The predicted molar refractivity (Wildman–Crippen MR) is 401 cm³/mol. The molecule has 91 heavy (non-hydrogen) atoms. The van der Waals surface area contributed by atoms with E-state index in [-0.39, 0.29) is 19.1 Å². The maximum absolute atomic E-state index is 13.1. The first-order valence-electron chi connectivity index (χ1n) is 39.8. The van der Waals surface area contributed by atoms with Crippen molar-refractivity contribution < 1.29 is 32.9 Å². The lowest BCUT2D eigenvalue weighted by Crippen LogP contribution is -2.46. The number of quaternary nitrogens is 1. The van der Waals surface area contributed by atoms with E-state index in [0.29, 0.717) is 23.9 Å². The lowest BCUT2D eigenvalue weighted by atomic mass is 10.0. The monoisotopic (exact) mass is 1300 g/mol. The number of nitrogens with zero attached hydrogens (tertiary/aromatic N) is 1. The third-order valence-corrected chi connectivity index (χ3v) is 19.2. The first-order valence-corrected chi connectivity index (χ1v) is 41.3. The number of carbonyl (C=O) groups is 1. The van der Waals surface area contributed by atoms with Gasteiger partial charge in [0.05, 0.1) is 39.9 Å². The van der Waals surface area contributed by atoms with Gasteiger partial charge in [0.2, 0.25) is 5.91 Å². The van der Waals surface area contributed by atoms with Crippen LogP contribution in [0.15, 0.2) is 72.9 Å². The van der Waals surface area contributed by atoms with Crippen LogP contribution in [0.3, 0.4) is 0 Å². The van der Waals surface area contributed by atoms with Gasteiger partial charge in [0.25, 0.3) is 0 Å². The smallest absolute Gasteiger partial charge is 0.391 e. The van der Waals surface area contributed by atoms with Gasteiger partial charge in [0.15, 0.2) is 0 Å². The molecule has 0 aliphatic carbocycles. The normalized spacial score (nSPS) is 13.9. The molecule has 0 aromatic heterocycles. The highest BCUT2D eigenvalue weighted by molar-refractivity contribution is 7.47. The SMILES string of the molecule is CC/C=C\C/C=C\C/C=C\C/C=C\C/C=C\C/C=C\CCCCCCCCCCCCCCCCCCCCCCCCC(=O)NC(COP(=O)(O)OCC[N+](C)(C)C)C(O)CCCCCCCCCCCCCCCCCCCCCCCCCCCCCC. The summed E-state index contributed by atoms with van der Waals surface area (Å²) in [5, 5.41) is 14.2. The van der Waals surface area contributed by atoms with E-state index in [2.05, 4.69) is 92.1 Å². The number of aliphatic hydroxyl groups is 1. The van der Waals surface area contributed by atoms with Gasteiger partial charge in [-0.2, -0.15) is 0 Å². The van der Waals surface area contributed by atoms with Gasteiger partial charge in [-0.1, -0.05) is 395 Å². The van der Waals surface area contributed by atoms with E-state index in [4.69, 9.17) is 9.05 Å². The standard InChI is InChI=1S/C82H155N2O6P/c1-6-8-10-12-14-16-18-20-22-24-26-28-30-32-34-36-37-38-39-40-41-42-43-44-45-46-47-48-50-52-54-56-58-60-62-64-66-68-70-72-74-76-82(86)83-80(79-90-91(87,88)89-78-77-84(3,4)5)81(85)75-73-71-69-67-65-63-61-59-57-55-53-51-49-35-33-31-29-27-25-23-21-19-17-15-13-11-9-7-2/h8,10,14,16,20,22,26,28,32,34,37-38,80-81,85H,6-7,9,11-13,15,17-19,21,23-25,27,29-31,33,35-36,39-79H2,1-5H3,(H-,83,86,87,88)/p+1/b10-8-,16-14-,22-20-,28-26-,34-32-,38-37-. The van der Waals surface area contributed by atoms with Crippen molar-refractivity contribution in [1.82, 2.24) is 5.32 Å². The van der Waals surface area contributed by atoms with Crippen LogP contribution in [-0.2, 0) is 18.4 Å². The average molecular weight is 1300 g/mol. The van der Waals surface area contributed by atoms with E-state index in [1.807, 2.05) is 21.1 Å². The summed E-state index contributed by atoms with van der Waals surface area (Å²) in [7, 11) is 1.63. The van der Waals surface area contributed by atoms with Gasteiger partial charge in [0.1, 0.15) is 13.2 Å². The number of likely N-dealkylation sites (N-methyl/N-ethyl adjacent to an activating group) is 1. The number of hydrogen-bond donors (Lipinski definition) is 3. The van der Waals surface area contributed by atoms with Gasteiger partial charge in [-0.3, -0.25) is 13.8 Å². The Hall–Kier alpha value is -2.06. The number of phosphoric ester groups is 1. The molecule has 0 heterocycles. The third-order valence-electron chi connectivity index (χ3n) is 18.2. The maximum Gasteiger partial charge on any atom is 0.472 e. The Kier molecular flexibility index (Phi) is 70.6. The molecule has 8 nitrogen and oxygen atoms in total. The summed E-state index contributed by atoms with van der Waals surface area (Å²) < 4.78 is 24.0. The number of carbonyl (C=O) groups excluding carboxylic acids is 1. The molecule has 3 unspecified atom stereocenters. The third kappa shape index (κ3) is 75.2. The fourth-order valence-corrected chi connectivity index (χ4v) is 12.9. The Morgan fingerprint density at radius 3 is 0.967 bits per heavy atom. The molecule has 9 heteroatoms. The van der Waals surface area contributed by atoms with E-state index >= 15 is 0 Å². The minimum Gasteiger partial charge on any atom is -0.391 e. The number of aliphatic hydroxyl groups excluding tert-OH is 1. The Labute approximate surface area is 567 Å². The average Bonchev–Trinajstić information content (AvgIpc) is 3.59. The van der Waals surface area contributed by atoms with E-state index in [0.717, 1.165) is 77.0 Å². The highest BCUT2D eigenvalue weighted by Crippen LogP contribution is 2.43. The summed E-state index contributed by atoms with van der Waals surface area (Å²) in [5.41, 5.74) is 0. The van der Waals surface area contributed by atoms with Crippen molar-refractivity contribution in [2.24, 2.45) is 0 Å². The van der Waals surface area contributed by atoms with Crippen molar-refractivity contribution in [3.05, 3.63) is 72.9 Å². The van der Waals surface area contributed by atoms with E-state index in [1.54, 1.807) is 0 Å². The molecule has 1 amide bonds. The van der Waals surface area contributed by atoms with E-state index in [1.165, 1.54) is 289 Å². The fourth-order valence-electron chi connectivity index (χ4n) is 12.1. The minimum atomic E-state index is -4.33. The Balaban J connectivity index is 3.91. The van der Waals surface area contributed by atoms with Crippen LogP contribution in [0.4, 0.5) is 0 Å². The van der Waals surface area contributed by atoms with Gasteiger partial charge < -0.3 is 19.8 Å².